The largest absolute Gasteiger partial charge is 0.455 e. The number of hydrogen-bond donors (Lipinski definition) is 2. The highest BCUT2D eigenvalue weighted by atomic mass is 16.5. The van der Waals surface area contributed by atoms with Crippen LogP contribution in [0.5, 0.6) is 0 Å². The van der Waals surface area contributed by atoms with Crippen LogP contribution in [-0.2, 0) is 19.1 Å². The number of anilines is 1. The summed E-state index contributed by atoms with van der Waals surface area (Å²) in [5, 5.41) is 5.55. The molecule has 1 heterocycles. The molecule has 0 aliphatic carbocycles. The molecule has 1 aliphatic rings. The Labute approximate surface area is 193 Å². The topological polar surface area (TPSA) is 105 Å². The number of para-hydroxylation sites is 1. The van der Waals surface area contributed by atoms with Gasteiger partial charge in [-0.25, -0.2) is 0 Å². The van der Waals surface area contributed by atoms with Crippen molar-refractivity contribution in [2.24, 2.45) is 5.92 Å². The molecule has 8 nitrogen and oxygen atoms in total. The lowest BCUT2D eigenvalue weighted by Gasteiger charge is -2.20. The monoisotopic (exact) mass is 451 g/mol. The third-order valence-corrected chi connectivity index (χ3v) is 5.55. The number of rotatable bonds is 8. The fourth-order valence-electron chi connectivity index (χ4n) is 3.72. The number of carbonyl (C=O) groups excluding carboxylic acids is 4. The molecule has 0 saturated carbocycles. The van der Waals surface area contributed by atoms with Crippen LogP contribution in [0.25, 0.3) is 0 Å². The van der Waals surface area contributed by atoms with E-state index < -0.39 is 24.4 Å². The van der Waals surface area contributed by atoms with Gasteiger partial charge in [0.2, 0.25) is 5.91 Å². The highest BCUT2D eigenvalue weighted by molar-refractivity contribution is 6.04. The van der Waals surface area contributed by atoms with Crippen LogP contribution in [-0.4, -0.2) is 47.8 Å². The van der Waals surface area contributed by atoms with Crippen molar-refractivity contribution in [3.8, 4) is 0 Å². The molecule has 0 radical (unpaired) electrons. The lowest BCUT2D eigenvalue weighted by molar-refractivity contribution is -0.151. The van der Waals surface area contributed by atoms with E-state index >= 15 is 0 Å². The van der Waals surface area contributed by atoms with Gasteiger partial charge in [-0.2, -0.15) is 0 Å². The van der Waals surface area contributed by atoms with E-state index in [1.807, 2.05) is 51.1 Å². The second-order valence-electron chi connectivity index (χ2n) is 8.35. The zero-order valence-electron chi connectivity index (χ0n) is 19.0. The highest BCUT2D eigenvalue weighted by Gasteiger charge is 2.36. The third kappa shape index (κ3) is 6.19. The number of hydrogen-bond acceptors (Lipinski definition) is 5. The van der Waals surface area contributed by atoms with E-state index in [9.17, 15) is 19.2 Å². The molecule has 2 N–H and O–H groups in total. The van der Waals surface area contributed by atoms with E-state index in [2.05, 4.69) is 10.6 Å². The van der Waals surface area contributed by atoms with Crippen molar-refractivity contribution in [3.63, 3.8) is 0 Å². The third-order valence-electron chi connectivity index (χ3n) is 5.55. The normalized spacial score (nSPS) is 16.4. The van der Waals surface area contributed by atoms with E-state index in [-0.39, 0.29) is 30.3 Å². The Bertz CT molecular complexity index is 1020. The van der Waals surface area contributed by atoms with E-state index in [1.54, 1.807) is 29.2 Å². The van der Waals surface area contributed by atoms with E-state index in [0.29, 0.717) is 17.8 Å². The SMILES string of the molecule is CC(C)N1C[C@H](C(=O)OCC(=O)Nc2ccccc2C(=O)N[C@H](C)c2ccccc2)CC1=O. The quantitative estimate of drug-likeness (QED) is 0.601. The van der Waals surface area contributed by atoms with E-state index in [4.69, 9.17) is 4.74 Å². The van der Waals surface area contributed by atoms with Crippen molar-refractivity contribution in [1.29, 1.82) is 0 Å². The molecule has 0 unspecified atom stereocenters. The standard InChI is InChI=1S/C25H29N3O5/c1-16(2)28-14-19(13-23(28)30)25(32)33-15-22(29)27-21-12-8-7-11-20(21)24(31)26-17(3)18-9-5-4-6-10-18/h4-12,16-17,19H,13-15H2,1-3H3,(H,26,31)(H,27,29)/t17-,19-/m1/s1. The molecule has 3 rings (SSSR count). The summed E-state index contributed by atoms with van der Waals surface area (Å²) in [4.78, 5) is 51.1. The lowest BCUT2D eigenvalue weighted by Crippen LogP contribution is -2.33. The van der Waals surface area contributed by atoms with Crippen molar-refractivity contribution in [3.05, 3.63) is 65.7 Å². The molecule has 174 valence electrons. The molecule has 2 aromatic rings. The van der Waals surface area contributed by atoms with Crippen LogP contribution in [0.4, 0.5) is 5.69 Å². The zero-order valence-corrected chi connectivity index (χ0v) is 19.0. The second-order valence-corrected chi connectivity index (χ2v) is 8.35. The minimum atomic E-state index is -0.579. The fraction of sp³-hybridized carbons (Fsp3) is 0.360. The van der Waals surface area contributed by atoms with Gasteiger partial charge < -0.3 is 20.3 Å². The first-order chi connectivity index (χ1) is 15.8. The summed E-state index contributed by atoms with van der Waals surface area (Å²) < 4.78 is 5.13. The maximum atomic E-state index is 12.8. The summed E-state index contributed by atoms with van der Waals surface area (Å²) in [6.45, 7) is 5.43. The van der Waals surface area contributed by atoms with Gasteiger partial charge in [-0.1, -0.05) is 42.5 Å². The van der Waals surface area contributed by atoms with Crippen molar-refractivity contribution >= 4 is 29.4 Å². The van der Waals surface area contributed by atoms with Crippen LogP contribution in [0, 0.1) is 5.92 Å². The second kappa shape index (κ2) is 10.8. The summed E-state index contributed by atoms with van der Waals surface area (Å²) in [5.41, 5.74) is 1.58. The van der Waals surface area contributed by atoms with Gasteiger partial charge >= 0.3 is 5.97 Å². The minimum absolute atomic E-state index is 0.00542. The van der Waals surface area contributed by atoms with Gasteiger partial charge in [-0.05, 0) is 38.5 Å². The van der Waals surface area contributed by atoms with Crippen molar-refractivity contribution in [1.82, 2.24) is 10.2 Å². The Morgan fingerprint density at radius 1 is 1.03 bits per heavy atom. The molecule has 1 fully saturated rings. The van der Waals surface area contributed by atoms with E-state index in [0.717, 1.165) is 5.56 Å². The first-order valence-electron chi connectivity index (χ1n) is 11.0. The van der Waals surface area contributed by atoms with Gasteiger partial charge in [0, 0.05) is 19.0 Å². The van der Waals surface area contributed by atoms with Crippen LogP contribution in [0.2, 0.25) is 0 Å². The van der Waals surface area contributed by atoms with Gasteiger partial charge in [0.15, 0.2) is 6.61 Å². The van der Waals surface area contributed by atoms with Crippen LogP contribution in [0.15, 0.2) is 54.6 Å². The van der Waals surface area contributed by atoms with Crippen LogP contribution in [0.3, 0.4) is 0 Å². The number of amides is 3. The maximum Gasteiger partial charge on any atom is 0.311 e. The number of carbonyl (C=O) groups is 4. The molecule has 0 spiro atoms. The number of ether oxygens (including phenoxy) is 1. The smallest absolute Gasteiger partial charge is 0.311 e. The number of nitrogens with zero attached hydrogens (tertiary/aromatic N) is 1. The fourth-order valence-corrected chi connectivity index (χ4v) is 3.72. The summed E-state index contributed by atoms with van der Waals surface area (Å²) in [6, 6.07) is 16.0. The molecule has 0 bridgehead atoms. The highest BCUT2D eigenvalue weighted by Crippen LogP contribution is 2.22. The maximum absolute atomic E-state index is 12.8. The van der Waals surface area contributed by atoms with E-state index in [1.165, 1.54) is 0 Å². The Balaban J connectivity index is 1.56. The molecule has 2 atom stereocenters. The predicted molar refractivity (Wildman–Crippen MR) is 123 cm³/mol. The number of nitrogens with one attached hydrogen (secondary N) is 2. The van der Waals surface area contributed by atoms with Gasteiger partial charge in [0.25, 0.3) is 11.8 Å². The van der Waals surface area contributed by atoms with Gasteiger partial charge in [0.05, 0.1) is 23.2 Å². The summed E-state index contributed by atoms with van der Waals surface area (Å²) in [6.07, 6.45) is 0.0846. The molecule has 2 aromatic carbocycles. The molecule has 1 saturated heterocycles. The summed E-state index contributed by atoms with van der Waals surface area (Å²) in [7, 11) is 0. The number of benzene rings is 2. The molecule has 8 heteroatoms. The van der Waals surface area contributed by atoms with Crippen LogP contribution < -0.4 is 10.6 Å². The summed E-state index contributed by atoms with van der Waals surface area (Å²) in [5.74, 6) is -2.15. The predicted octanol–water partition coefficient (Wildman–Crippen LogP) is 2.92. The van der Waals surface area contributed by atoms with Gasteiger partial charge in [0.1, 0.15) is 0 Å². The average molecular weight is 452 g/mol. The molecule has 3 amide bonds. The van der Waals surface area contributed by atoms with Gasteiger partial charge in [-0.3, -0.25) is 19.2 Å². The van der Waals surface area contributed by atoms with Crippen LogP contribution in [0.1, 0.15) is 49.2 Å². The minimum Gasteiger partial charge on any atom is -0.455 e. The Morgan fingerprint density at radius 2 is 1.70 bits per heavy atom. The van der Waals surface area contributed by atoms with Crippen LogP contribution >= 0.6 is 0 Å². The Kier molecular flexibility index (Phi) is 7.82. The summed E-state index contributed by atoms with van der Waals surface area (Å²) >= 11 is 0. The van der Waals surface area contributed by atoms with Gasteiger partial charge in [-0.15, -0.1) is 0 Å². The average Bonchev–Trinajstić information content (AvgIpc) is 3.20. The first kappa shape index (κ1) is 24.0. The number of likely N-dealkylation sites (tertiary alicyclic amines) is 1. The zero-order chi connectivity index (χ0) is 24.0. The first-order valence-corrected chi connectivity index (χ1v) is 11.0. The molecular weight excluding hydrogens is 422 g/mol. The Hall–Kier alpha value is -3.68. The molecule has 33 heavy (non-hydrogen) atoms. The number of esters is 1. The molecule has 1 aliphatic heterocycles. The lowest BCUT2D eigenvalue weighted by atomic mass is 10.1. The van der Waals surface area contributed by atoms with Crippen molar-refractivity contribution in [2.75, 3.05) is 18.5 Å². The van der Waals surface area contributed by atoms with Crippen molar-refractivity contribution < 1.29 is 23.9 Å². The molecule has 0 aromatic heterocycles. The Morgan fingerprint density at radius 3 is 2.36 bits per heavy atom. The van der Waals surface area contributed by atoms with Crippen molar-refractivity contribution in [2.45, 2.75) is 39.3 Å². The molecular formula is C25H29N3O5.